The number of hydrogen-bond donors (Lipinski definition) is 1. The quantitative estimate of drug-likeness (QED) is 0.765. The molecule has 1 N–H and O–H groups in total. The van der Waals surface area contributed by atoms with E-state index < -0.39 is 5.60 Å². The van der Waals surface area contributed by atoms with Crippen LogP contribution in [0.25, 0.3) is 0 Å². The Morgan fingerprint density at radius 2 is 2.00 bits per heavy atom. The summed E-state index contributed by atoms with van der Waals surface area (Å²) < 4.78 is 5.20. The molecule has 0 atom stereocenters. The standard InChI is InChI=1S/C12H23NO2/c1-6-12(5)7-9(8-12)13-10(14)15-11(2,3)4/h9H,6-8H2,1-5H3,(H,13,14)/t9-,12+. The average molecular weight is 213 g/mol. The molecule has 0 aliphatic heterocycles. The van der Waals surface area contributed by atoms with Crippen LogP contribution in [-0.2, 0) is 4.74 Å². The first kappa shape index (κ1) is 12.3. The van der Waals surface area contributed by atoms with Gasteiger partial charge >= 0.3 is 6.09 Å². The van der Waals surface area contributed by atoms with Crippen molar-refractivity contribution in [3.63, 3.8) is 0 Å². The van der Waals surface area contributed by atoms with Gasteiger partial charge in [0.05, 0.1) is 0 Å². The number of carbonyl (C=O) groups excluding carboxylic acids is 1. The minimum absolute atomic E-state index is 0.286. The number of hydrogen-bond acceptors (Lipinski definition) is 2. The first-order chi connectivity index (χ1) is 6.74. The van der Waals surface area contributed by atoms with Gasteiger partial charge in [0.1, 0.15) is 5.60 Å². The molecular formula is C12H23NO2. The van der Waals surface area contributed by atoms with Crippen molar-refractivity contribution < 1.29 is 9.53 Å². The van der Waals surface area contributed by atoms with E-state index >= 15 is 0 Å². The lowest BCUT2D eigenvalue weighted by Crippen LogP contribution is -2.50. The van der Waals surface area contributed by atoms with E-state index in [0.717, 1.165) is 12.8 Å². The number of amides is 1. The molecule has 0 saturated heterocycles. The molecule has 0 bridgehead atoms. The molecule has 3 heteroatoms. The Labute approximate surface area is 92.6 Å². The third kappa shape index (κ3) is 3.73. The Morgan fingerprint density at radius 3 is 2.40 bits per heavy atom. The molecule has 0 aromatic carbocycles. The second-order valence-electron chi connectivity index (χ2n) is 5.92. The molecule has 1 aliphatic rings. The Hall–Kier alpha value is -0.730. The summed E-state index contributed by atoms with van der Waals surface area (Å²) in [6, 6.07) is 0.310. The van der Waals surface area contributed by atoms with Gasteiger partial charge in [0, 0.05) is 6.04 Å². The summed E-state index contributed by atoms with van der Waals surface area (Å²) in [7, 11) is 0. The molecule has 0 aromatic rings. The average Bonchev–Trinajstić information content (AvgIpc) is 1.97. The molecule has 3 nitrogen and oxygen atoms in total. The first-order valence-corrected chi connectivity index (χ1v) is 5.74. The molecule has 15 heavy (non-hydrogen) atoms. The van der Waals surface area contributed by atoms with Gasteiger partial charge in [0.25, 0.3) is 0 Å². The third-order valence-electron chi connectivity index (χ3n) is 3.05. The molecule has 1 fully saturated rings. The largest absolute Gasteiger partial charge is 0.444 e. The monoisotopic (exact) mass is 213 g/mol. The van der Waals surface area contributed by atoms with E-state index in [2.05, 4.69) is 19.2 Å². The lowest BCUT2D eigenvalue weighted by atomic mass is 9.65. The predicted octanol–water partition coefficient (Wildman–Crippen LogP) is 3.09. The van der Waals surface area contributed by atoms with E-state index in [9.17, 15) is 4.79 Å². The maximum absolute atomic E-state index is 11.4. The van der Waals surface area contributed by atoms with Crippen LogP contribution in [0, 0.1) is 5.41 Å². The molecule has 1 amide bonds. The van der Waals surface area contributed by atoms with E-state index in [4.69, 9.17) is 4.74 Å². The summed E-state index contributed by atoms with van der Waals surface area (Å²) in [6.45, 7) is 10.1. The van der Waals surface area contributed by atoms with Gasteiger partial charge in [-0.3, -0.25) is 0 Å². The smallest absolute Gasteiger partial charge is 0.407 e. The van der Waals surface area contributed by atoms with Gasteiger partial charge in [0.15, 0.2) is 0 Å². The van der Waals surface area contributed by atoms with Crippen molar-refractivity contribution in [1.29, 1.82) is 0 Å². The number of carbonyl (C=O) groups is 1. The topological polar surface area (TPSA) is 38.3 Å². The molecule has 0 radical (unpaired) electrons. The summed E-state index contributed by atoms with van der Waals surface area (Å²) in [4.78, 5) is 11.4. The van der Waals surface area contributed by atoms with Crippen molar-refractivity contribution in [2.24, 2.45) is 5.41 Å². The molecule has 0 heterocycles. The fourth-order valence-electron chi connectivity index (χ4n) is 1.99. The Balaban J connectivity index is 2.25. The zero-order chi connectivity index (χ0) is 11.7. The predicted molar refractivity (Wildman–Crippen MR) is 60.8 cm³/mol. The minimum Gasteiger partial charge on any atom is -0.444 e. The highest BCUT2D eigenvalue weighted by Crippen LogP contribution is 2.43. The van der Waals surface area contributed by atoms with Crippen LogP contribution in [0.5, 0.6) is 0 Å². The number of rotatable bonds is 2. The van der Waals surface area contributed by atoms with Crippen LogP contribution < -0.4 is 5.32 Å². The van der Waals surface area contributed by atoms with Gasteiger partial charge < -0.3 is 10.1 Å². The fourth-order valence-corrected chi connectivity index (χ4v) is 1.99. The highest BCUT2D eigenvalue weighted by atomic mass is 16.6. The maximum Gasteiger partial charge on any atom is 0.407 e. The van der Waals surface area contributed by atoms with E-state index in [0.29, 0.717) is 11.5 Å². The van der Waals surface area contributed by atoms with E-state index in [-0.39, 0.29) is 6.09 Å². The molecule has 1 aliphatic carbocycles. The highest BCUT2D eigenvalue weighted by molar-refractivity contribution is 5.68. The van der Waals surface area contributed by atoms with E-state index in [1.165, 1.54) is 6.42 Å². The van der Waals surface area contributed by atoms with Crippen molar-refractivity contribution in [3.05, 3.63) is 0 Å². The van der Waals surface area contributed by atoms with Crippen molar-refractivity contribution in [2.75, 3.05) is 0 Å². The SMILES string of the molecule is CC[C@]1(C)C[C@H](NC(=O)OC(C)(C)C)C1. The van der Waals surface area contributed by atoms with Crippen molar-refractivity contribution in [2.45, 2.75) is 65.5 Å². The molecular weight excluding hydrogens is 190 g/mol. The molecule has 1 saturated carbocycles. The van der Waals surface area contributed by atoms with Crippen LogP contribution in [-0.4, -0.2) is 17.7 Å². The summed E-state index contributed by atoms with van der Waals surface area (Å²) in [5.41, 5.74) is 0.0293. The summed E-state index contributed by atoms with van der Waals surface area (Å²) in [6.07, 6.45) is 3.04. The Bertz CT molecular complexity index is 236. The van der Waals surface area contributed by atoms with Crippen molar-refractivity contribution in [1.82, 2.24) is 5.32 Å². The molecule has 0 aromatic heterocycles. The second-order valence-corrected chi connectivity index (χ2v) is 5.92. The van der Waals surface area contributed by atoms with Gasteiger partial charge in [-0.2, -0.15) is 0 Å². The van der Waals surface area contributed by atoms with Crippen LogP contribution in [0.2, 0.25) is 0 Å². The first-order valence-electron chi connectivity index (χ1n) is 5.74. The normalized spacial score (nSPS) is 30.6. The fraction of sp³-hybridized carbons (Fsp3) is 0.917. The van der Waals surface area contributed by atoms with Gasteiger partial charge in [-0.1, -0.05) is 20.3 Å². The minimum atomic E-state index is -0.401. The second kappa shape index (κ2) is 4.03. The van der Waals surface area contributed by atoms with Crippen molar-refractivity contribution in [3.8, 4) is 0 Å². The lowest BCUT2D eigenvalue weighted by Gasteiger charge is -2.45. The molecule has 0 spiro atoms. The van der Waals surface area contributed by atoms with Crippen LogP contribution in [0.15, 0.2) is 0 Å². The van der Waals surface area contributed by atoms with Crippen LogP contribution in [0.3, 0.4) is 0 Å². The van der Waals surface area contributed by atoms with Gasteiger partial charge in [0.2, 0.25) is 0 Å². The molecule has 1 rings (SSSR count). The lowest BCUT2D eigenvalue weighted by molar-refractivity contribution is 0.0354. The van der Waals surface area contributed by atoms with E-state index in [1.54, 1.807) is 0 Å². The number of nitrogens with one attached hydrogen (secondary N) is 1. The third-order valence-corrected chi connectivity index (χ3v) is 3.05. The van der Waals surface area contributed by atoms with Crippen LogP contribution in [0.1, 0.15) is 53.9 Å². The maximum atomic E-state index is 11.4. The number of alkyl carbamates (subject to hydrolysis) is 1. The van der Waals surface area contributed by atoms with Crippen LogP contribution >= 0.6 is 0 Å². The summed E-state index contributed by atoms with van der Waals surface area (Å²) in [5.74, 6) is 0. The zero-order valence-electron chi connectivity index (χ0n) is 10.5. The summed E-state index contributed by atoms with van der Waals surface area (Å²) in [5, 5.41) is 2.90. The van der Waals surface area contributed by atoms with E-state index in [1.807, 2.05) is 20.8 Å². The summed E-state index contributed by atoms with van der Waals surface area (Å²) >= 11 is 0. The Morgan fingerprint density at radius 1 is 1.47 bits per heavy atom. The molecule has 0 unspecified atom stereocenters. The van der Waals surface area contributed by atoms with Crippen LogP contribution in [0.4, 0.5) is 4.79 Å². The van der Waals surface area contributed by atoms with Gasteiger partial charge in [-0.05, 0) is 39.0 Å². The molecule has 88 valence electrons. The van der Waals surface area contributed by atoms with Crippen molar-refractivity contribution >= 4 is 6.09 Å². The van der Waals surface area contributed by atoms with Gasteiger partial charge in [-0.25, -0.2) is 4.79 Å². The van der Waals surface area contributed by atoms with Gasteiger partial charge in [-0.15, -0.1) is 0 Å². The number of ether oxygens (including phenoxy) is 1. The highest BCUT2D eigenvalue weighted by Gasteiger charge is 2.39. The zero-order valence-corrected chi connectivity index (χ0v) is 10.5. The Kier molecular flexibility index (Phi) is 3.31.